The van der Waals surface area contributed by atoms with Crippen molar-refractivity contribution in [3.05, 3.63) is 42.0 Å². The first-order chi connectivity index (χ1) is 10.3. The number of aryl methyl sites for hydroxylation is 1. The zero-order valence-electron chi connectivity index (χ0n) is 12.7. The van der Waals surface area contributed by atoms with Gasteiger partial charge in [0.05, 0.1) is 6.61 Å². The van der Waals surface area contributed by atoms with Crippen molar-refractivity contribution in [2.45, 2.75) is 40.0 Å². The first kappa shape index (κ1) is 15.4. The Labute approximate surface area is 125 Å². The Bertz CT molecular complexity index is 566. The number of nitrogens with zero attached hydrogens (tertiary/aromatic N) is 2. The number of rotatable bonds is 8. The smallest absolute Gasteiger partial charge is 0.146 e. The fourth-order valence-corrected chi connectivity index (χ4v) is 2.06. The Morgan fingerprint density at radius 2 is 2.10 bits per heavy atom. The average molecular weight is 289 g/mol. The average Bonchev–Trinajstić information content (AvgIpc) is 2.98. The lowest BCUT2D eigenvalue weighted by molar-refractivity contribution is 0.280. The van der Waals surface area contributed by atoms with Crippen LogP contribution in [-0.4, -0.2) is 16.2 Å². The molecule has 0 radical (unpaired) electrons. The van der Waals surface area contributed by atoms with Gasteiger partial charge in [0.25, 0.3) is 0 Å². The number of hydrogen-bond acceptors (Lipinski definition) is 4. The highest BCUT2D eigenvalue weighted by Crippen LogP contribution is 2.25. The summed E-state index contributed by atoms with van der Waals surface area (Å²) in [4.78, 5) is 4.31. The van der Waals surface area contributed by atoms with Crippen LogP contribution in [-0.2, 0) is 19.7 Å². The summed E-state index contributed by atoms with van der Waals surface area (Å²) in [5.74, 6) is 2.47. The van der Waals surface area contributed by atoms with E-state index < -0.39 is 0 Å². The van der Waals surface area contributed by atoms with Gasteiger partial charge in [-0.25, -0.2) is 4.98 Å². The fraction of sp³-hybridized carbons (Fsp3) is 0.438. The quantitative estimate of drug-likeness (QED) is 0.811. The van der Waals surface area contributed by atoms with Gasteiger partial charge in [-0.3, -0.25) is 0 Å². The van der Waals surface area contributed by atoms with Crippen molar-refractivity contribution < 1.29 is 9.47 Å². The lowest BCUT2D eigenvalue weighted by atomic mass is 10.2. The number of benzene rings is 1. The van der Waals surface area contributed by atoms with Crippen LogP contribution in [0.2, 0.25) is 0 Å². The van der Waals surface area contributed by atoms with Gasteiger partial charge in [-0.15, -0.1) is 0 Å². The highest BCUT2D eigenvalue weighted by Gasteiger charge is 2.08. The minimum absolute atomic E-state index is 0.422. The van der Waals surface area contributed by atoms with Crippen LogP contribution in [0.15, 0.2) is 30.6 Å². The molecule has 2 aromatic rings. The van der Waals surface area contributed by atoms with E-state index in [1.165, 1.54) is 0 Å². The van der Waals surface area contributed by atoms with Gasteiger partial charge < -0.3 is 19.8 Å². The molecule has 1 heterocycles. The van der Waals surface area contributed by atoms with E-state index in [0.29, 0.717) is 19.8 Å². The Balaban J connectivity index is 2.09. The molecule has 1 aromatic carbocycles. The van der Waals surface area contributed by atoms with Gasteiger partial charge in [-0.2, -0.15) is 0 Å². The molecule has 114 valence electrons. The summed E-state index contributed by atoms with van der Waals surface area (Å²) >= 11 is 0. The molecule has 0 spiro atoms. The van der Waals surface area contributed by atoms with Crippen molar-refractivity contribution in [1.82, 2.24) is 9.55 Å². The van der Waals surface area contributed by atoms with E-state index in [9.17, 15) is 0 Å². The topological polar surface area (TPSA) is 62.3 Å². The molecule has 5 heteroatoms. The molecule has 0 atom stereocenters. The molecular weight excluding hydrogens is 266 g/mol. The molecule has 0 saturated heterocycles. The van der Waals surface area contributed by atoms with Crippen LogP contribution >= 0.6 is 0 Å². The summed E-state index contributed by atoms with van der Waals surface area (Å²) in [7, 11) is 0. The molecule has 0 unspecified atom stereocenters. The Hall–Kier alpha value is -2.01. The second-order valence-electron chi connectivity index (χ2n) is 4.74. The monoisotopic (exact) mass is 289 g/mol. The van der Waals surface area contributed by atoms with E-state index in [1.807, 2.05) is 24.4 Å². The van der Waals surface area contributed by atoms with Crippen LogP contribution in [0.4, 0.5) is 0 Å². The minimum Gasteiger partial charge on any atom is -0.493 e. The third-order valence-corrected chi connectivity index (χ3v) is 3.23. The van der Waals surface area contributed by atoms with E-state index >= 15 is 0 Å². The van der Waals surface area contributed by atoms with Crippen molar-refractivity contribution in [2.24, 2.45) is 5.73 Å². The largest absolute Gasteiger partial charge is 0.493 e. The molecule has 0 aliphatic carbocycles. The Morgan fingerprint density at radius 1 is 1.24 bits per heavy atom. The van der Waals surface area contributed by atoms with Gasteiger partial charge >= 0.3 is 0 Å². The van der Waals surface area contributed by atoms with Crippen LogP contribution in [0.3, 0.4) is 0 Å². The highest BCUT2D eigenvalue weighted by molar-refractivity contribution is 5.40. The molecule has 2 rings (SSSR count). The van der Waals surface area contributed by atoms with E-state index in [1.54, 1.807) is 6.20 Å². The van der Waals surface area contributed by atoms with Crippen LogP contribution in [0.5, 0.6) is 11.5 Å². The highest BCUT2D eigenvalue weighted by atomic mass is 16.5. The van der Waals surface area contributed by atoms with Crippen molar-refractivity contribution >= 4 is 0 Å². The third-order valence-electron chi connectivity index (χ3n) is 3.23. The van der Waals surface area contributed by atoms with Crippen molar-refractivity contribution in [1.29, 1.82) is 0 Å². The summed E-state index contributed by atoms with van der Waals surface area (Å²) in [5.41, 5.74) is 6.73. The first-order valence-corrected chi connectivity index (χ1v) is 7.37. The van der Waals surface area contributed by atoms with Gasteiger partial charge in [-0.05, 0) is 19.4 Å². The van der Waals surface area contributed by atoms with E-state index in [-0.39, 0.29) is 0 Å². The number of hydrogen-bond donors (Lipinski definition) is 1. The van der Waals surface area contributed by atoms with Crippen molar-refractivity contribution in [3.63, 3.8) is 0 Å². The maximum Gasteiger partial charge on any atom is 0.146 e. The molecule has 0 aliphatic heterocycles. The van der Waals surface area contributed by atoms with Crippen LogP contribution in [0.25, 0.3) is 0 Å². The van der Waals surface area contributed by atoms with Crippen molar-refractivity contribution in [2.75, 3.05) is 6.61 Å². The van der Waals surface area contributed by atoms with Gasteiger partial charge in [0.2, 0.25) is 0 Å². The molecule has 2 N–H and O–H groups in total. The Morgan fingerprint density at radius 3 is 2.81 bits per heavy atom. The SMILES string of the molecule is CCCOc1ccc(CN)c(OCc2nccn2CC)c1. The van der Waals surface area contributed by atoms with Gasteiger partial charge in [0.1, 0.15) is 23.9 Å². The summed E-state index contributed by atoms with van der Waals surface area (Å²) in [6.07, 6.45) is 4.71. The van der Waals surface area contributed by atoms with E-state index in [4.69, 9.17) is 15.2 Å². The molecule has 1 aromatic heterocycles. The molecule has 5 nitrogen and oxygen atoms in total. The second kappa shape index (κ2) is 7.69. The van der Waals surface area contributed by atoms with Crippen molar-refractivity contribution in [3.8, 4) is 11.5 Å². The zero-order chi connectivity index (χ0) is 15.1. The standard InChI is InChI=1S/C16H23N3O2/c1-3-9-20-14-6-5-13(11-17)15(10-14)21-12-16-18-7-8-19(16)4-2/h5-8,10H,3-4,9,11-12,17H2,1-2H3. The lowest BCUT2D eigenvalue weighted by Gasteiger charge is -2.13. The van der Waals surface area contributed by atoms with Crippen LogP contribution < -0.4 is 15.2 Å². The van der Waals surface area contributed by atoms with E-state index in [2.05, 4.69) is 23.4 Å². The first-order valence-electron chi connectivity index (χ1n) is 7.37. The molecule has 0 amide bonds. The molecule has 0 aliphatic rings. The molecule has 0 saturated carbocycles. The molecule has 0 fully saturated rings. The van der Waals surface area contributed by atoms with Crippen LogP contribution in [0, 0.1) is 0 Å². The predicted octanol–water partition coefficient (Wildman–Crippen LogP) is 2.73. The summed E-state index contributed by atoms with van der Waals surface area (Å²) in [6.45, 7) is 6.59. The van der Waals surface area contributed by atoms with Gasteiger partial charge in [0.15, 0.2) is 0 Å². The minimum atomic E-state index is 0.422. The zero-order valence-corrected chi connectivity index (χ0v) is 12.7. The fourth-order valence-electron chi connectivity index (χ4n) is 2.06. The normalized spacial score (nSPS) is 10.6. The molecule has 21 heavy (non-hydrogen) atoms. The van der Waals surface area contributed by atoms with Crippen LogP contribution in [0.1, 0.15) is 31.7 Å². The second-order valence-corrected chi connectivity index (χ2v) is 4.74. The maximum atomic E-state index is 5.89. The maximum absolute atomic E-state index is 5.89. The summed E-state index contributed by atoms with van der Waals surface area (Å²) < 4.78 is 13.6. The molecule has 0 bridgehead atoms. The summed E-state index contributed by atoms with van der Waals surface area (Å²) in [5, 5.41) is 0. The molecular formula is C16H23N3O2. The number of aromatic nitrogens is 2. The predicted molar refractivity (Wildman–Crippen MR) is 82.4 cm³/mol. The number of nitrogens with two attached hydrogens (primary N) is 1. The summed E-state index contributed by atoms with van der Waals surface area (Å²) in [6, 6.07) is 5.78. The van der Waals surface area contributed by atoms with Gasteiger partial charge in [-0.1, -0.05) is 13.0 Å². The Kier molecular flexibility index (Phi) is 5.63. The third kappa shape index (κ3) is 3.98. The van der Waals surface area contributed by atoms with E-state index in [0.717, 1.165) is 35.9 Å². The van der Waals surface area contributed by atoms with Gasteiger partial charge in [0, 0.05) is 37.1 Å². The number of imidazole rings is 1. The lowest BCUT2D eigenvalue weighted by Crippen LogP contribution is -2.08. The number of ether oxygens (including phenoxy) is 2.